The Morgan fingerprint density at radius 1 is 1.29 bits per heavy atom. The highest BCUT2D eigenvalue weighted by atomic mass is 16.4. The van der Waals surface area contributed by atoms with Gasteiger partial charge in [-0.25, -0.2) is 4.79 Å². The molecule has 0 aliphatic heterocycles. The van der Waals surface area contributed by atoms with E-state index in [0.29, 0.717) is 5.56 Å². The lowest BCUT2D eigenvalue weighted by atomic mass is 10.0. The van der Waals surface area contributed by atoms with Crippen molar-refractivity contribution in [2.45, 2.75) is 25.3 Å². The Labute approximate surface area is 122 Å². The van der Waals surface area contributed by atoms with Crippen LogP contribution >= 0.6 is 0 Å². The third-order valence-electron chi connectivity index (χ3n) is 3.34. The number of carboxylic acids is 1. The fourth-order valence-electron chi connectivity index (χ4n) is 1.99. The molecule has 0 radical (unpaired) electrons. The molecule has 0 unspecified atom stereocenters. The first-order valence-corrected chi connectivity index (χ1v) is 6.82. The van der Waals surface area contributed by atoms with Crippen LogP contribution in [0, 0.1) is 0 Å². The Bertz CT molecular complexity index is 567. The van der Waals surface area contributed by atoms with Gasteiger partial charge in [0.05, 0.1) is 18.5 Å². The van der Waals surface area contributed by atoms with E-state index in [-0.39, 0.29) is 36.4 Å². The molecule has 2 rings (SSSR count). The van der Waals surface area contributed by atoms with Gasteiger partial charge in [-0.1, -0.05) is 18.2 Å². The van der Waals surface area contributed by atoms with E-state index in [1.165, 1.54) is 18.0 Å². The van der Waals surface area contributed by atoms with Crippen LogP contribution in [0.2, 0.25) is 0 Å². The van der Waals surface area contributed by atoms with Gasteiger partial charge in [-0.05, 0) is 24.5 Å². The van der Waals surface area contributed by atoms with E-state index in [4.69, 9.17) is 5.11 Å². The van der Waals surface area contributed by atoms with Crippen molar-refractivity contribution in [2.24, 2.45) is 0 Å². The van der Waals surface area contributed by atoms with E-state index in [9.17, 15) is 14.4 Å². The minimum absolute atomic E-state index is 0.00935. The third-order valence-corrected chi connectivity index (χ3v) is 3.34. The molecule has 2 N–H and O–H groups in total. The van der Waals surface area contributed by atoms with Crippen molar-refractivity contribution in [2.75, 3.05) is 13.6 Å². The van der Waals surface area contributed by atoms with Crippen molar-refractivity contribution in [3.63, 3.8) is 0 Å². The summed E-state index contributed by atoms with van der Waals surface area (Å²) in [6.45, 7) is -0.00935. The number of benzene rings is 1. The van der Waals surface area contributed by atoms with E-state index in [1.54, 1.807) is 18.2 Å². The number of nitrogens with one attached hydrogen (secondary N) is 1. The van der Waals surface area contributed by atoms with Crippen LogP contribution in [-0.2, 0) is 16.0 Å². The standard InChI is InChI=1S/C15H18N2O4/c1-17(9-13(18)16-11-6-7-11)14(19)8-10-4-2-3-5-12(10)15(20)21/h2-5,11H,6-9H2,1H3,(H,16,18)(H,20,21). The van der Waals surface area contributed by atoms with Crippen molar-refractivity contribution in [1.29, 1.82) is 0 Å². The molecule has 112 valence electrons. The molecule has 1 aliphatic rings. The van der Waals surface area contributed by atoms with Gasteiger partial charge in [-0.15, -0.1) is 0 Å². The number of likely N-dealkylation sites (N-methyl/N-ethyl adjacent to an activating group) is 1. The minimum atomic E-state index is -1.06. The van der Waals surface area contributed by atoms with Gasteiger partial charge in [0.15, 0.2) is 0 Å². The second kappa shape index (κ2) is 6.39. The molecule has 0 bridgehead atoms. The summed E-state index contributed by atoms with van der Waals surface area (Å²) < 4.78 is 0. The molecular weight excluding hydrogens is 272 g/mol. The molecule has 2 amide bonds. The van der Waals surface area contributed by atoms with Gasteiger partial charge in [0.1, 0.15) is 0 Å². The summed E-state index contributed by atoms with van der Waals surface area (Å²) in [4.78, 5) is 36.1. The molecule has 0 saturated heterocycles. The van der Waals surface area contributed by atoms with E-state index in [0.717, 1.165) is 12.8 Å². The topological polar surface area (TPSA) is 86.7 Å². The lowest BCUT2D eigenvalue weighted by Gasteiger charge is -2.17. The fraction of sp³-hybridized carbons (Fsp3) is 0.400. The first kappa shape index (κ1) is 15.0. The Morgan fingerprint density at radius 2 is 1.95 bits per heavy atom. The summed E-state index contributed by atoms with van der Waals surface area (Å²) in [5.41, 5.74) is 0.561. The van der Waals surface area contributed by atoms with Crippen molar-refractivity contribution in [3.8, 4) is 0 Å². The average Bonchev–Trinajstić information content (AvgIpc) is 3.22. The molecule has 0 heterocycles. The summed E-state index contributed by atoms with van der Waals surface area (Å²) in [6, 6.07) is 6.64. The Kier molecular flexibility index (Phi) is 4.57. The molecule has 1 aliphatic carbocycles. The van der Waals surface area contributed by atoms with Gasteiger partial charge in [0, 0.05) is 13.1 Å². The smallest absolute Gasteiger partial charge is 0.335 e. The summed E-state index contributed by atoms with van der Waals surface area (Å²) in [5.74, 6) is -1.53. The van der Waals surface area contributed by atoms with E-state index < -0.39 is 5.97 Å². The van der Waals surface area contributed by atoms with Crippen LogP contribution in [0.3, 0.4) is 0 Å². The number of aromatic carboxylic acids is 1. The third kappa shape index (κ3) is 4.30. The maximum Gasteiger partial charge on any atom is 0.335 e. The molecule has 0 atom stereocenters. The van der Waals surface area contributed by atoms with Crippen LogP contribution in [0.5, 0.6) is 0 Å². The Morgan fingerprint density at radius 3 is 2.57 bits per heavy atom. The number of hydrogen-bond donors (Lipinski definition) is 2. The van der Waals surface area contributed by atoms with Gasteiger partial charge in [-0.2, -0.15) is 0 Å². The number of rotatable bonds is 6. The highest BCUT2D eigenvalue weighted by molar-refractivity contribution is 5.92. The lowest BCUT2D eigenvalue weighted by molar-refractivity contribution is -0.134. The van der Waals surface area contributed by atoms with Crippen LogP contribution in [0.4, 0.5) is 0 Å². The van der Waals surface area contributed by atoms with Gasteiger partial charge in [0.2, 0.25) is 11.8 Å². The summed E-state index contributed by atoms with van der Waals surface area (Å²) in [5, 5.41) is 11.9. The number of carbonyl (C=O) groups excluding carboxylic acids is 2. The van der Waals surface area contributed by atoms with E-state index in [1.807, 2.05) is 0 Å². The first-order valence-electron chi connectivity index (χ1n) is 6.82. The van der Waals surface area contributed by atoms with Gasteiger partial charge < -0.3 is 15.3 Å². The van der Waals surface area contributed by atoms with Crippen LogP contribution in [-0.4, -0.2) is 47.4 Å². The average molecular weight is 290 g/mol. The monoisotopic (exact) mass is 290 g/mol. The molecule has 1 aromatic rings. The summed E-state index contributed by atoms with van der Waals surface area (Å²) in [6.07, 6.45) is 1.96. The predicted molar refractivity (Wildman–Crippen MR) is 75.9 cm³/mol. The zero-order valence-corrected chi connectivity index (χ0v) is 11.8. The number of carbonyl (C=O) groups is 3. The normalized spacial score (nSPS) is 13.6. The second-order valence-corrected chi connectivity index (χ2v) is 5.23. The highest BCUT2D eigenvalue weighted by Gasteiger charge is 2.24. The molecular formula is C15H18N2O4. The van der Waals surface area contributed by atoms with Gasteiger partial charge in [0.25, 0.3) is 0 Å². The number of carboxylic acid groups (broad SMARTS) is 1. The second-order valence-electron chi connectivity index (χ2n) is 5.23. The summed E-state index contributed by atoms with van der Waals surface area (Å²) in [7, 11) is 1.54. The quantitative estimate of drug-likeness (QED) is 0.806. The van der Waals surface area contributed by atoms with Crippen molar-refractivity contribution >= 4 is 17.8 Å². The fourth-order valence-corrected chi connectivity index (χ4v) is 1.99. The Hall–Kier alpha value is -2.37. The molecule has 1 fully saturated rings. The highest BCUT2D eigenvalue weighted by Crippen LogP contribution is 2.18. The number of amides is 2. The maximum atomic E-state index is 12.1. The SMILES string of the molecule is CN(CC(=O)NC1CC1)C(=O)Cc1ccccc1C(=O)O. The van der Waals surface area contributed by atoms with Crippen molar-refractivity contribution in [1.82, 2.24) is 10.2 Å². The molecule has 21 heavy (non-hydrogen) atoms. The van der Waals surface area contributed by atoms with Crippen LogP contribution in [0.1, 0.15) is 28.8 Å². The Balaban J connectivity index is 1.93. The summed E-state index contributed by atoms with van der Waals surface area (Å²) >= 11 is 0. The zero-order valence-electron chi connectivity index (χ0n) is 11.8. The maximum absolute atomic E-state index is 12.1. The molecule has 1 saturated carbocycles. The van der Waals surface area contributed by atoms with E-state index in [2.05, 4.69) is 5.32 Å². The van der Waals surface area contributed by atoms with Crippen molar-refractivity contribution in [3.05, 3.63) is 35.4 Å². The van der Waals surface area contributed by atoms with Gasteiger partial charge in [-0.3, -0.25) is 9.59 Å². The van der Waals surface area contributed by atoms with E-state index >= 15 is 0 Å². The minimum Gasteiger partial charge on any atom is -0.478 e. The molecule has 0 aromatic heterocycles. The van der Waals surface area contributed by atoms with Crippen LogP contribution in [0.25, 0.3) is 0 Å². The molecule has 1 aromatic carbocycles. The van der Waals surface area contributed by atoms with Crippen LogP contribution in [0.15, 0.2) is 24.3 Å². The molecule has 0 spiro atoms. The molecule has 6 nitrogen and oxygen atoms in total. The zero-order chi connectivity index (χ0) is 15.4. The van der Waals surface area contributed by atoms with Crippen LogP contribution < -0.4 is 5.32 Å². The lowest BCUT2D eigenvalue weighted by Crippen LogP contribution is -2.39. The predicted octanol–water partition coefficient (Wildman–Crippen LogP) is 0.664. The molecule has 6 heteroatoms. The van der Waals surface area contributed by atoms with Crippen molar-refractivity contribution < 1.29 is 19.5 Å². The number of hydrogen-bond acceptors (Lipinski definition) is 3. The largest absolute Gasteiger partial charge is 0.478 e. The first-order chi connectivity index (χ1) is 9.97. The number of nitrogens with zero attached hydrogens (tertiary/aromatic N) is 1. The van der Waals surface area contributed by atoms with Gasteiger partial charge >= 0.3 is 5.97 Å².